The normalized spacial score (nSPS) is 16.1. The predicted molar refractivity (Wildman–Crippen MR) is 135 cm³/mol. The summed E-state index contributed by atoms with van der Waals surface area (Å²) in [6, 6.07) is 0. The van der Waals surface area contributed by atoms with Crippen molar-refractivity contribution in [2.45, 2.75) is 38.6 Å². The van der Waals surface area contributed by atoms with Gasteiger partial charge in [0.2, 0.25) is 11.8 Å². The van der Waals surface area contributed by atoms with Crippen LogP contribution in [0.4, 0.5) is 17.5 Å². The highest BCUT2D eigenvalue weighted by Gasteiger charge is 2.30. The van der Waals surface area contributed by atoms with Crippen LogP contribution in [0.1, 0.15) is 20.3 Å². The molecular weight excluding hydrogens is 519 g/mol. The van der Waals surface area contributed by atoms with E-state index in [2.05, 4.69) is 15.3 Å². The van der Waals surface area contributed by atoms with Gasteiger partial charge in [-0.2, -0.15) is 9.97 Å². The Kier molecular flexibility index (Phi) is 13.3. The van der Waals surface area contributed by atoms with Gasteiger partial charge in [-0.15, -0.1) is 0 Å². The number of nitrogens with zero attached hydrogens (tertiary/aromatic N) is 2. The van der Waals surface area contributed by atoms with Crippen molar-refractivity contribution in [1.82, 2.24) is 9.97 Å². The summed E-state index contributed by atoms with van der Waals surface area (Å²) in [5.74, 6) is 0.253. The fraction of sp³-hybridized carbons (Fsp3) is 0.737. The molecule has 208 valence electrons. The fourth-order valence-electron chi connectivity index (χ4n) is 2.63. The van der Waals surface area contributed by atoms with Crippen LogP contribution in [0.2, 0.25) is 0 Å². The van der Waals surface area contributed by atoms with Crippen LogP contribution in [0.3, 0.4) is 0 Å². The smallest absolute Gasteiger partial charge is 0.402 e. The monoisotopic (exact) mass is 556 g/mol. The number of ether oxygens (including phenoxy) is 2. The quantitative estimate of drug-likeness (QED) is 0.0949. The van der Waals surface area contributed by atoms with E-state index in [0.29, 0.717) is 0 Å². The molecule has 0 aliphatic heterocycles. The molecule has 1 heterocycles. The van der Waals surface area contributed by atoms with E-state index < -0.39 is 38.1 Å². The van der Waals surface area contributed by atoms with Gasteiger partial charge in [0.15, 0.2) is 10.9 Å². The number of aromatic nitrogens is 2. The third-order valence-electron chi connectivity index (χ3n) is 4.89. The zero-order valence-corrected chi connectivity index (χ0v) is 22.5. The molecule has 0 saturated heterocycles. The van der Waals surface area contributed by atoms with Crippen LogP contribution in [0, 0.1) is 5.41 Å². The van der Waals surface area contributed by atoms with E-state index in [9.17, 15) is 24.7 Å². The number of thioether (sulfide) groups is 1. The van der Waals surface area contributed by atoms with Gasteiger partial charge in [0.25, 0.3) is 0 Å². The van der Waals surface area contributed by atoms with Crippen molar-refractivity contribution in [3.63, 3.8) is 0 Å². The summed E-state index contributed by atoms with van der Waals surface area (Å²) in [6.45, 7) is 2.44. The lowest BCUT2D eigenvalue weighted by Gasteiger charge is -2.26. The zero-order valence-electron chi connectivity index (χ0n) is 20.7. The number of nitrogens with one attached hydrogen (secondary N) is 1. The molecule has 0 bridgehead atoms. The van der Waals surface area contributed by atoms with E-state index in [1.54, 1.807) is 13.8 Å². The van der Waals surface area contributed by atoms with Crippen LogP contribution in [0.5, 0.6) is 5.88 Å². The molecule has 0 saturated carbocycles. The third-order valence-corrected chi connectivity index (χ3v) is 7.13. The van der Waals surface area contributed by atoms with Gasteiger partial charge in [-0.05, 0) is 20.3 Å². The molecule has 0 radical (unpaired) electrons. The SMILES string of the molecule is COc1nc(N)nc(N)c1NCCC(O)C(O)C(COP(N)(=O)OCCSC(=O)C(C)(C)CO)OC. The molecule has 0 amide bonds. The van der Waals surface area contributed by atoms with E-state index in [1.165, 1.54) is 14.2 Å². The van der Waals surface area contributed by atoms with Crippen molar-refractivity contribution in [3.05, 3.63) is 0 Å². The number of rotatable bonds is 17. The summed E-state index contributed by atoms with van der Waals surface area (Å²) in [4.78, 5) is 19.7. The average Bonchev–Trinajstić information content (AvgIpc) is 2.82. The summed E-state index contributed by atoms with van der Waals surface area (Å²) in [5, 5.41) is 32.6. The Bertz CT molecular complexity index is 897. The van der Waals surface area contributed by atoms with Gasteiger partial charge < -0.3 is 41.6 Å². The largest absolute Gasteiger partial charge is 0.479 e. The molecule has 0 aliphatic rings. The average molecular weight is 557 g/mol. The topological polar surface area (TPSA) is 248 Å². The van der Waals surface area contributed by atoms with E-state index >= 15 is 0 Å². The van der Waals surface area contributed by atoms with E-state index in [-0.39, 0.29) is 60.4 Å². The van der Waals surface area contributed by atoms with Gasteiger partial charge in [0, 0.05) is 19.4 Å². The molecule has 1 aromatic heterocycles. The van der Waals surface area contributed by atoms with Crippen molar-refractivity contribution >= 4 is 42.1 Å². The molecule has 4 unspecified atom stereocenters. The second-order valence-corrected chi connectivity index (χ2v) is 10.9. The first-order valence-electron chi connectivity index (χ1n) is 10.8. The number of aliphatic hydroxyl groups excluding tert-OH is 3. The van der Waals surface area contributed by atoms with Crippen LogP contribution in [0.15, 0.2) is 0 Å². The zero-order chi connectivity index (χ0) is 27.5. The van der Waals surface area contributed by atoms with Crippen LogP contribution >= 0.6 is 19.5 Å². The standard InChI is InChI=1S/C19H37N6O9PS/c1-19(2,10-26)17(29)36-8-7-33-35(22,30)34-9-12(31-3)14(28)11(27)5-6-23-13-15(20)24-18(21)25-16(13)32-4/h11-12,14,23,26-28H,5-10H2,1-4H3,(H2,22,30)(H4,20,21,24,25). The molecule has 4 atom stereocenters. The first-order chi connectivity index (χ1) is 16.8. The van der Waals surface area contributed by atoms with Crippen molar-refractivity contribution in [2.24, 2.45) is 10.9 Å². The number of carbonyl (C=O) groups is 1. The van der Waals surface area contributed by atoms with Gasteiger partial charge >= 0.3 is 7.75 Å². The highest BCUT2D eigenvalue weighted by atomic mass is 32.2. The van der Waals surface area contributed by atoms with Gasteiger partial charge in [-0.25, -0.2) is 10.1 Å². The van der Waals surface area contributed by atoms with Crippen LogP contribution in [-0.2, 0) is 23.1 Å². The van der Waals surface area contributed by atoms with Crippen molar-refractivity contribution in [1.29, 1.82) is 0 Å². The Morgan fingerprint density at radius 3 is 2.47 bits per heavy atom. The maximum absolute atomic E-state index is 12.3. The molecule has 1 rings (SSSR count). The van der Waals surface area contributed by atoms with Gasteiger partial charge in [0.1, 0.15) is 17.9 Å². The highest BCUT2D eigenvalue weighted by molar-refractivity contribution is 8.13. The van der Waals surface area contributed by atoms with E-state index in [1.807, 2.05) is 0 Å². The Morgan fingerprint density at radius 2 is 1.89 bits per heavy atom. The number of hydrogen-bond acceptors (Lipinski definition) is 15. The van der Waals surface area contributed by atoms with Crippen LogP contribution in [0.25, 0.3) is 0 Å². The van der Waals surface area contributed by atoms with E-state index in [0.717, 1.165) is 11.8 Å². The van der Waals surface area contributed by atoms with Crippen molar-refractivity contribution in [2.75, 3.05) is 63.1 Å². The summed E-state index contributed by atoms with van der Waals surface area (Å²) in [7, 11) is -1.38. The lowest BCUT2D eigenvalue weighted by Crippen LogP contribution is -2.42. The second-order valence-electron chi connectivity index (χ2n) is 8.25. The minimum atomic E-state index is -4.03. The van der Waals surface area contributed by atoms with Crippen molar-refractivity contribution in [3.8, 4) is 5.88 Å². The predicted octanol–water partition coefficient (Wildman–Crippen LogP) is -0.433. The highest BCUT2D eigenvalue weighted by Crippen LogP contribution is 2.39. The second kappa shape index (κ2) is 14.9. The Hall–Kier alpha value is -1.75. The summed E-state index contributed by atoms with van der Waals surface area (Å²) in [6.07, 6.45) is -3.74. The Labute approximate surface area is 214 Å². The van der Waals surface area contributed by atoms with Gasteiger partial charge in [-0.1, -0.05) is 11.8 Å². The lowest BCUT2D eigenvalue weighted by molar-refractivity contribution is -0.119. The van der Waals surface area contributed by atoms with Gasteiger partial charge in [0.05, 0.1) is 38.4 Å². The number of nitrogens with two attached hydrogens (primary N) is 3. The molecule has 0 fully saturated rings. The number of anilines is 3. The van der Waals surface area contributed by atoms with Crippen LogP contribution in [-0.4, -0.2) is 95.1 Å². The summed E-state index contributed by atoms with van der Waals surface area (Å²) in [5.41, 5.74) is 16.2. The van der Waals surface area contributed by atoms with E-state index in [4.69, 9.17) is 35.5 Å². The Balaban J connectivity index is 2.50. The fourth-order valence-corrected chi connectivity index (χ4v) is 4.34. The first-order valence-corrected chi connectivity index (χ1v) is 13.4. The molecule has 36 heavy (non-hydrogen) atoms. The molecule has 15 nitrogen and oxygen atoms in total. The number of methoxy groups -OCH3 is 2. The number of nitrogen functional groups attached to an aromatic ring is 2. The molecular formula is C19H37N6O9PS. The maximum Gasteiger partial charge on any atom is 0.402 e. The van der Waals surface area contributed by atoms with Crippen LogP contribution < -0.4 is 27.0 Å². The molecule has 0 aliphatic carbocycles. The molecule has 10 N–H and O–H groups in total. The maximum atomic E-state index is 12.3. The Morgan fingerprint density at radius 1 is 1.22 bits per heavy atom. The van der Waals surface area contributed by atoms with Crippen molar-refractivity contribution < 1.29 is 43.2 Å². The number of aliphatic hydroxyl groups is 3. The minimum absolute atomic E-state index is 0.0419. The number of hydrogen-bond donors (Lipinski definition) is 7. The lowest BCUT2D eigenvalue weighted by atomic mass is 9.97. The molecule has 0 aromatic carbocycles. The molecule has 1 aromatic rings. The summed E-state index contributed by atoms with van der Waals surface area (Å²) >= 11 is 0.907. The van der Waals surface area contributed by atoms with Gasteiger partial charge in [-0.3, -0.25) is 13.8 Å². The molecule has 17 heteroatoms. The number of carbonyl (C=O) groups excluding carboxylic acids is 1. The minimum Gasteiger partial charge on any atom is -0.479 e. The summed E-state index contributed by atoms with van der Waals surface area (Å²) < 4.78 is 32.7. The third kappa shape index (κ3) is 10.3. The molecule has 0 spiro atoms. The first kappa shape index (κ1) is 32.3.